The largest absolute Gasteiger partial charge is 0.435 e. The molecule has 0 fully saturated rings. The van der Waals surface area contributed by atoms with E-state index in [1.54, 1.807) is 24.3 Å². The van der Waals surface area contributed by atoms with Gasteiger partial charge in [0.2, 0.25) is 5.91 Å². The van der Waals surface area contributed by atoms with Crippen LogP contribution in [0, 0.1) is 0 Å². The van der Waals surface area contributed by atoms with E-state index in [0.29, 0.717) is 12.2 Å². The second-order valence-corrected chi connectivity index (χ2v) is 4.52. The van der Waals surface area contributed by atoms with Crippen LogP contribution in [0.5, 0.6) is 0 Å². The molecule has 0 bridgehead atoms. The summed E-state index contributed by atoms with van der Waals surface area (Å²) in [4.78, 5) is 11.2. The summed E-state index contributed by atoms with van der Waals surface area (Å²) in [5.74, 6) is -0.242. The highest BCUT2D eigenvalue weighted by molar-refractivity contribution is 5.77. The first-order valence-corrected chi connectivity index (χ1v) is 6.38. The Morgan fingerprint density at radius 1 is 1.27 bits per heavy atom. The number of aromatic nitrogens is 2. The van der Waals surface area contributed by atoms with Crippen LogP contribution in [0.2, 0.25) is 0 Å². The van der Waals surface area contributed by atoms with Crippen molar-refractivity contribution >= 4 is 5.91 Å². The quantitative estimate of drug-likeness (QED) is 0.920. The standard InChI is InChI=1S/C14H14F3N3O2/c1-22-9-13(21)18-8-10-2-4-11(5-3-10)20-7-6-12(19-20)14(15,16)17/h2-7H,8-9H2,1H3,(H,18,21). The predicted molar refractivity (Wildman–Crippen MR) is 72.3 cm³/mol. The number of ether oxygens (including phenoxy) is 1. The van der Waals surface area contributed by atoms with Crippen LogP contribution in [0.25, 0.3) is 5.69 Å². The monoisotopic (exact) mass is 313 g/mol. The van der Waals surface area contributed by atoms with Gasteiger partial charge in [-0.05, 0) is 23.8 Å². The number of halogens is 3. The third-order valence-corrected chi connectivity index (χ3v) is 2.85. The van der Waals surface area contributed by atoms with Crippen LogP contribution in [0.1, 0.15) is 11.3 Å². The number of benzene rings is 1. The highest BCUT2D eigenvalue weighted by Crippen LogP contribution is 2.27. The van der Waals surface area contributed by atoms with Crippen LogP contribution in [0.4, 0.5) is 13.2 Å². The zero-order valence-corrected chi connectivity index (χ0v) is 11.7. The number of methoxy groups -OCH3 is 1. The van der Waals surface area contributed by atoms with E-state index in [1.165, 1.54) is 13.3 Å². The molecule has 2 rings (SSSR count). The van der Waals surface area contributed by atoms with Crippen molar-refractivity contribution < 1.29 is 22.7 Å². The molecule has 0 aliphatic heterocycles. The summed E-state index contributed by atoms with van der Waals surface area (Å²) in [6.07, 6.45) is -3.21. The van der Waals surface area contributed by atoms with Gasteiger partial charge >= 0.3 is 6.18 Å². The molecule has 0 spiro atoms. The molecule has 2 aromatic rings. The zero-order chi connectivity index (χ0) is 16.2. The Bertz CT molecular complexity index is 636. The first-order chi connectivity index (χ1) is 10.4. The van der Waals surface area contributed by atoms with Gasteiger partial charge in [-0.15, -0.1) is 0 Å². The Hall–Kier alpha value is -2.35. The number of hydrogen-bond acceptors (Lipinski definition) is 3. The van der Waals surface area contributed by atoms with Crippen molar-refractivity contribution in [2.24, 2.45) is 0 Å². The van der Waals surface area contributed by atoms with Crippen molar-refractivity contribution in [2.45, 2.75) is 12.7 Å². The number of alkyl halides is 3. The molecule has 0 radical (unpaired) electrons. The van der Waals surface area contributed by atoms with Gasteiger partial charge in [-0.2, -0.15) is 18.3 Å². The molecule has 1 heterocycles. The van der Waals surface area contributed by atoms with Gasteiger partial charge in [0.25, 0.3) is 0 Å². The van der Waals surface area contributed by atoms with Gasteiger partial charge in [0, 0.05) is 19.9 Å². The topological polar surface area (TPSA) is 56.1 Å². The molecule has 5 nitrogen and oxygen atoms in total. The Labute approximate surface area is 124 Å². The van der Waals surface area contributed by atoms with Crippen LogP contribution in [0.3, 0.4) is 0 Å². The molecule has 0 saturated heterocycles. The van der Waals surface area contributed by atoms with Gasteiger partial charge in [0.05, 0.1) is 5.69 Å². The summed E-state index contributed by atoms with van der Waals surface area (Å²) in [7, 11) is 1.42. The van der Waals surface area contributed by atoms with Crippen LogP contribution < -0.4 is 5.32 Å². The molecule has 0 unspecified atom stereocenters. The van der Waals surface area contributed by atoms with E-state index in [4.69, 9.17) is 0 Å². The van der Waals surface area contributed by atoms with Crippen molar-refractivity contribution in [3.63, 3.8) is 0 Å². The summed E-state index contributed by atoms with van der Waals surface area (Å²) in [6, 6.07) is 7.59. The van der Waals surface area contributed by atoms with E-state index in [2.05, 4.69) is 15.2 Å². The van der Waals surface area contributed by atoms with Crippen molar-refractivity contribution in [3.05, 3.63) is 47.8 Å². The fourth-order valence-corrected chi connectivity index (χ4v) is 1.77. The van der Waals surface area contributed by atoms with E-state index < -0.39 is 11.9 Å². The van der Waals surface area contributed by atoms with Crippen molar-refractivity contribution in [3.8, 4) is 5.69 Å². The predicted octanol–water partition coefficient (Wildman–Crippen LogP) is 2.15. The Kier molecular flexibility index (Phi) is 4.81. The Morgan fingerprint density at radius 2 is 1.95 bits per heavy atom. The normalized spacial score (nSPS) is 11.5. The molecule has 118 valence electrons. The summed E-state index contributed by atoms with van der Waals surface area (Å²) in [5.41, 5.74) is 0.377. The third-order valence-electron chi connectivity index (χ3n) is 2.85. The molecule has 0 saturated carbocycles. The molecular weight excluding hydrogens is 299 g/mol. The van der Waals surface area contributed by atoms with Crippen molar-refractivity contribution in [1.29, 1.82) is 0 Å². The smallest absolute Gasteiger partial charge is 0.375 e. The molecule has 1 amide bonds. The minimum absolute atomic E-state index is 0.0222. The van der Waals surface area contributed by atoms with Gasteiger partial charge in [0.15, 0.2) is 5.69 Å². The molecule has 1 N–H and O–H groups in total. The maximum Gasteiger partial charge on any atom is 0.435 e. The van der Waals surface area contributed by atoms with Crippen LogP contribution in [-0.4, -0.2) is 29.4 Å². The maximum absolute atomic E-state index is 12.5. The van der Waals surface area contributed by atoms with Crippen molar-refractivity contribution in [1.82, 2.24) is 15.1 Å². The lowest BCUT2D eigenvalue weighted by Crippen LogP contribution is -2.26. The van der Waals surface area contributed by atoms with Crippen molar-refractivity contribution in [2.75, 3.05) is 13.7 Å². The van der Waals surface area contributed by atoms with Crippen LogP contribution in [-0.2, 0) is 22.3 Å². The van der Waals surface area contributed by atoms with E-state index >= 15 is 0 Å². The number of amides is 1. The van der Waals surface area contributed by atoms with Gasteiger partial charge in [-0.25, -0.2) is 4.68 Å². The zero-order valence-electron chi connectivity index (χ0n) is 11.7. The fourth-order valence-electron chi connectivity index (χ4n) is 1.77. The molecule has 0 atom stereocenters. The molecular formula is C14H14F3N3O2. The van der Waals surface area contributed by atoms with Gasteiger partial charge in [-0.3, -0.25) is 4.79 Å². The van der Waals surface area contributed by atoms with E-state index in [0.717, 1.165) is 16.3 Å². The molecule has 0 aliphatic carbocycles. The SMILES string of the molecule is COCC(=O)NCc1ccc(-n2ccc(C(F)(F)F)n2)cc1. The minimum atomic E-state index is -4.46. The fraction of sp³-hybridized carbons (Fsp3) is 0.286. The second-order valence-electron chi connectivity index (χ2n) is 4.52. The first kappa shape index (κ1) is 16.0. The molecule has 22 heavy (non-hydrogen) atoms. The highest BCUT2D eigenvalue weighted by atomic mass is 19.4. The van der Waals surface area contributed by atoms with Crippen LogP contribution >= 0.6 is 0 Å². The molecule has 0 aliphatic rings. The first-order valence-electron chi connectivity index (χ1n) is 6.38. The average Bonchev–Trinajstić information content (AvgIpc) is 2.96. The summed E-state index contributed by atoms with van der Waals surface area (Å²) < 4.78 is 43.3. The lowest BCUT2D eigenvalue weighted by atomic mass is 10.2. The molecule has 1 aromatic heterocycles. The van der Waals surface area contributed by atoms with E-state index in [1.807, 2.05) is 0 Å². The Morgan fingerprint density at radius 3 is 2.50 bits per heavy atom. The average molecular weight is 313 g/mol. The van der Waals surface area contributed by atoms with Gasteiger partial charge in [-0.1, -0.05) is 12.1 Å². The third kappa shape index (κ3) is 4.08. The number of nitrogens with one attached hydrogen (secondary N) is 1. The summed E-state index contributed by atoms with van der Waals surface area (Å²) in [6.45, 7) is 0.293. The minimum Gasteiger partial charge on any atom is -0.375 e. The lowest BCUT2D eigenvalue weighted by molar-refractivity contribution is -0.141. The summed E-state index contributed by atoms with van der Waals surface area (Å²) >= 11 is 0. The highest BCUT2D eigenvalue weighted by Gasteiger charge is 2.33. The molecule has 8 heteroatoms. The van der Waals surface area contributed by atoms with Crippen LogP contribution in [0.15, 0.2) is 36.5 Å². The number of carbonyl (C=O) groups is 1. The number of nitrogens with zero attached hydrogens (tertiary/aromatic N) is 2. The number of hydrogen-bond donors (Lipinski definition) is 1. The van der Waals surface area contributed by atoms with Gasteiger partial charge < -0.3 is 10.1 Å². The Balaban J connectivity index is 2.03. The maximum atomic E-state index is 12.5. The lowest BCUT2D eigenvalue weighted by Gasteiger charge is -2.06. The number of rotatable bonds is 5. The summed E-state index contributed by atoms with van der Waals surface area (Å²) in [5, 5.41) is 6.13. The van der Waals surface area contributed by atoms with E-state index in [-0.39, 0.29) is 12.5 Å². The van der Waals surface area contributed by atoms with E-state index in [9.17, 15) is 18.0 Å². The second kappa shape index (κ2) is 6.61. The van der Waals surface area contributed by atoms with Gasteiger partial charge in [0.1, 0.15) is 6.61 Å². The molecule has 1 aromatic carbocycles. The number of carbonyl (C=O) groups excluding carboxylic acids is 1.